The number of halogens is 1. The van der Waals surface area contributed by atoms with Crippen LogP contribution in [0, 0.1) is 19.7 Å². The third-order valence-electron chi connectivity index (χ3n) is 3.58. The van der Waals surface area contributed by atoms with Gasteiger partial charge in [-0.25, -0.2) is 9.37 Å². The van der Waals surface area contributed by atoms with Gasteiger partial charge in [0.1, 0.15) is 22.8 Å². The van der Waals surface area contributed by atoms with E-state index in [0.717, 1.165) is 37.7 Å². The second kappa shape index (κ2) is 4.33. The standard InChI is InChI=1S/C15H11FN4S/c1-8-12(10-3-5-11(16)6-4-10)13-14-19-18-9(2)20(14)7-17-15(13)21-8/h3-7H,1-2H3. The van der Waals surface area contributed by atoms with Crippen LogP contribution in [0.15, 0.2) is 30.6 Å². The van der Waals surface area contributed by atoms with E-state index >= 15 is 0 Å². The lowest BCUT2D eigenvalue weighted by molar-refractivity contribution is 0.628. The lowest BCUT2D eigenvalue weighted by Crippen LogP contribution is -1.90. The number of thiophene rings is 1. The van der Waals surface area contributed by atoms with Crippen LogP contribution in [0.1, 0.15) is 10.7 Å². The fraction of sp³-hybridized carbons (Fsp3) is 0.133. The highest BCUT2D eigenvalue weighted by Crippen LogP contribution is 2.39. The monoisotopic (exact) mass is 298 g/mol. The first-order valence-electron chi connectivity index (χ1n) is 6.50. The van der Waals surface area contributed by atoms with Gasteiger partial charge in [0.25, 0.3) is 0 Å². The summed E-state index contributed by atoms with van der Waals surface area (Å²) in [6.07, 6.45) is 1.75. The summed E-state index contributed by atoms with van der Waals surface area (Å²) in [5.41, 5.74) is 2.82. The van der Waals surface area contributed by atoms with E-state index in [9.17, 15) is 4.39 Å². The van der Waals surface area contributed by atoms with E-state index in [1.165, 1.54) is 12.1 Å². The first kappa shape index (κ1) is 12.4. The Kier molecular flexibility index (Phi) is 2.56. The molecule has 0 spiro atoms. The highest BCUT2D eigenvalue weighted by molar-refractivity contribution is 7.19. The molecule has 104 valence electrons. The zero-order chi connectivity index (χ0) is 14.6. The van der Waals surface area contributed by atoms with Crippen LogP contribution in [-0.2, 0) is 0 Å². The third kappa shape index (κ3) is 1.76. The van der Waals surface area contributed by atoms with Gasteiger partial charge in [-0.15, -0.1) is 21.5 Å². The number of hydrogen-bond acceptors (Lipinski definition) is 4. The van der Waals surface area contributed by atoms with E-state index in [4.69, 9.17) is 0 Å². The molecule has 4 rings (SSSR count). The summed E-state index contributed by atoms with van der Waals surface area (Å²) in [7, 11) is 0. The van der Waals surface area contributed by atoms with Crippen molar-refractivity contribution in [2.45, 2.75) is 13.8 Å². The minimum atomic E-state index is -0.238. The van der Waals surface area contributed by atoms with Gasteiger partial charge in [-0.2, -0.15) is 0 Å². The van der Waals surface area contributed by atoms with Crippen LogP contribution in [0.4, 0.5) is 4.39 Å². The molecular formula is C15H11FN4S. The largest absolute Gasteiger partial charge is 0.269 e. The maximum Gasteiger partial charge on any atom is 0.173 e. The summed E-state index contributed by atoms with van der Waals surface area (Å²) >= 11 is 1.62. The second-order valence-electron chi connectivity index (χ2n) is 4.91. The molecule has 0 amide bonds. The molecule has 0 atom stereocenters. The molecule has 21 heavy (non-hydrogen) atoms. The van der Waals surface area contributed by atoms with Gasteiger partial charge in [0.05, 0.1) is 5.39 Å². The maximum absolute atomic E-state index is 13.2. The Balaban J connectivity index is 2.14. The smallest absolute Gasteiger partial charge is 0.173 e. The van der Waals surface area contributed by atoms with E-state index in [1.807, 2.05) is 18.2 Å². The minimum Gasteiger partial charge on any atom is -0.269 e. The van der Waals surface area contributed by atoms with Gasteiger partial charge in [0.2, 0.25) is 0 Å². The zero-order valence-corrected chi connectivity index (χ0v) is 12.3. The summed E-state index contributed by atoms with van der Waals surface area (Å²) < 4.78 is 15.0. The Morgan fingerprint density at radius 1 is 1.10 bits per heavy atom. The van der Waals surface area contributed by atoms with Crippen molar-refractivity contribution in [1.82, 2.24) is 19.6 Å². The van der Waals surface area contributed by atoms with Gasteiger partial charge >= 0.3 is 0 Å². The van der Waals surface area contributed by atoms with E-state index in [-0.39, 0.29) is 5.82 Å². The lowest BCUT2D eigenvalue weighted by Gasteiger charge is -2.03. The molecule has 0 saturated carbocycles. The third-order valence-corrected chi connectivity index (χ3v) is 4.59. The van der Waals surface area contributed by atoms with Gasteiger partial charge < -0.3 is 0 Å². The minimum absolute atomic E-state index is 0.238. The van der Waals surface area contributed by atoms with Crippen molar-refractivity contribution in [3.63, 3.8) is 0 Å². The molecule has 4 aromatic rings. The van der Waals surface area contributed by atoms with E-state index in [0.29, 0.717) is 0 Å². The number of aryl methyl sites for hydroxylation is 2. The molecule has 0 aliphatic carbocycles. The van der Waals surface area contributed by atoms with Gasteiger partial charge in [0, 0.05) is 10.4 Å². The van der Waals surface area contributed by atoms with Crippen LogP contribution >= 0.6 is 11.3 Å². The first-order chi connectivity index (χ1) is 10.1. The molecule has 3 heterocycles. The molecule has 0 radical (unpaired) electrons. The molecule has 0 aliphatic rings. The summed E-state index contributed by atoms with van der Waals surface area (Å²) in [5, 5.41) is 9.37. The summed E-state index contributed by atoms with van der Waals surface area (Å²) in [5.74, 6) is 0.561. The fourth-order valence-electron chi connectivity index (χ4n) is 2.58. The number of fused-ring (bicyclic) bond motifs is 3. The first-order valence-corrected chi connectivity index (χ1v) is 7.32. The van der Waals surface area contributed by atoms with Crippen molar-refractivity contribution in [3.05, 3.63) is 47.1 Å². The Bertz CT molecular complexity index is 969. The Hall–Kier alpha value is -2.34. The molecule has 6 heteroatoms. The predicted octanol–water partition coefficient (Wildman–Crippen LogP) is 3.76. The van der Waals surface area contributed by atoms with Crippen molar-refractivity contribution in [1.29, 1.82) is 0 Å². The van der Waals surface area contributed by atoms with Crippen molar-refractivity contribution in [3.8, 4) is 11.1 Å². The van der Waals surface area contributed by atoms with Gasteiger partial charge in [-0.3, -0.25) is 4.40 Å². The zero-order valence-electron chi connectivity index (χ0n) is 11.5. The highest BCUT2D eigenvalue weighted by Gasteiger charge is 2.17. The van der Waals surface area contributed by atoms with Crippen LogP contribution in [-0.4, -0.2) is 19.6 Å². The molecule has 0 bridgehead atoms. The van der Waals surface area contributed by atoms with Gasteiger partial charge in [-0.1, -0.05) is 12.1 Å². The number of rotatable bonds is 1. The lowest BCUT2D eigenvalue weighted by atomic mass is 10.0. The molecule has 0 unspecified atom stereocenters. The molecule has 0 aliphatic heterocycles. The highest BCUT2D eigenvalue weighted by atomic mass is 32.1. The van der Waals surface area contributed by atoms with Crippen molar-refractivity contribution in [2.24, 2.45) is 0 Å². The van der Waals surface area contributed by atoms with Crippen LogP contribution in [0.5, 0.6) is 0 Å². The number of nitrogens with zero attached hydrogens (tertiary/aromatic N) is 4. The van der Waals surface area contributed by atoms with Gasteiger partial charge in [-0.05, 0) is 31.5 Å². The van der Waals surface area contributed by atoms with E-state index in [2.05, 4.69) is 15.2 Å². The van der Waals surface area contributed by atoms with Crippen LogP contribution in [0.3, 0.4) is 0 Å². The second-order valence-corrected chi connectivity index (χ2v) is 6.11. The van der Waals surface area contributed by atoms with Gasteiger partial charge in [0.15, 0.2) is 5.65 Å². The number of hydrogen-bond donors (Lipinski definition) is 0. The average Bonchev–Trinajstić information content (AvgIpc) is 3.00. The van der Waals surface area contributed by atoms with E-state index in [1.54, 1.807) is 29.8 Å². The summed E-state index contributed by atoms with van der Waals surface area (Å²) in [6, 6.07) is 6.52. The molecule has 3 aromatic heterocycles. The molecule has 4 nitrogen and oxygen atoms in total. The topological polar surface area (TPSA) is 43.1 Å². The van der Waals surface area contributed by atoms with Crippen molar-refractivity contribution >= 4 is 27.2 Å². The Morgan fingerprint density at radius 3 is 2.62 bits per heavy atom. The molecule has 0 fully saturated rings. The normalized spacial score (nSPS) is 11.6. The molecular weight excluding hydrogens is 287 g/mol. The van der Waals surface area contributed by atoms with Crippen molar-refractivity contribution in [2.75, 3.05) is 0 Å². The maximum atomic E-state index is 13.2. The van der Waals surface area contributed by atoms with Crippen LogP contribution in [0.25, 0.3) is 27.0 Å². The summed E-state index contributed by atoms with van der Waals surface area (Å²) in [4.78, 5) is 6.55. The van der Waals surface area contributed by atoms with Crippen molar-refractivity contribution < 1.29 is 4.39 Å². The quantitative estimate of drug-likeness (QED) is 0.537. The molecule has 0 saturated heterocycles. The Morgan fingerprint density at radius 2 is 1.86 bits per heavy atom. The number of benzene rings is 1. The van der Waals surface area contributed by atoms with Crippen LogP contribution in [0.2, 0.25) is 0 Å². The molecule has 0 N–H and O–H groups in total. The fourth-order valence-corrected chi connectivity index (χ4v) is 3.59. The Labute approximate surface area is 123 Å². The average molecular weight is 298 g/mol. The van der Waals surface area contributed by atoms with E-state index < -0.39 is 0 Å². The molecule has 1 aromatic carbocycles. The predicted molar refractivity (Wildman–Crippen MR) is 81.0 cm³/mol. The van der Waals surface area contributed by atoms with Crippen LogP contribution < -0.4 is 0 Å². The number of aromatic nitrogens is 4. The SMILES string of the molecule is Cc1sc2ncn3c(C)nnc3c2c1-c1ccc(F)cc1. The summed E-state index contributed by atoms with van der Waals surface area (Å²) in [6.45, 7) is 3.94.